The van der Waals surface area contributed by atoms with Gasteiger partial charge >= 0.3 is 0 Å². The Hall–Kier alpha value is -1.20. The summed E-state index contributed by atoms with van der Waals surface area (Å²) in [5.74, 6) is 6.77. The average molecular weight is 250 g/mol. The van der Waals surface area contributed by atoms with Crippen molar-refractivity contribution in [2.24, 2.45) is 17.2 Å². The molecule has 3 N–H and O–H groups in total. The minimum atomic E-state index is -0.00819. The summed E-state index contributed by atoms with van der Waals surface area (Å²) < 4.78 is 5.29. The van der Waals surface area contributed by atoms with Crippen LogP contribution in [0, 0.1) is 11.3 Å². The van der Waals surface area contributed by atoms with E-state index in [4.69, 9.17) is 10.6 Å². The van der Waals surface area contributed by atoms with Crippen LogP contribution in [-0.4, -0.2) is 17.1 Å². The van der Waals surface area contributed by atoms with Gasteiger partial charge in [0.15, 0.2) is 0 Å². The lowest BCUT2D eigenvalue weighted by Gasteiger charge is -2.33. The fraction of sp³-hybridized carbons (Fsp3) is 0.692. The highest BCUT2D eigenvalue weighted by Gasteiger charge is 2.41. The molecule has 18 heavy (non-hydrogen) atoms. The van der Waals surface area contributed by atoms with E-state index in [0.717, 1.165) is 12.1 Å². The topological polar surface area (TPSA) is 73.1 Å². The van der Waals surface area contributed by atoms with Gasteiger partial charge in [0, 0.05) is 12.4 Å². The van der Waals surface area contributed by atoms with Crippen LogP contribution < -0.4 is 16.0 Å². The van der Waals surface area contributed by atoms with E-state index in [-0.39, 0.29) is 11.5 Å². The van der Waals surface area contributed by atoms with E-state index >= 15 is 0 Å². The molecule has 2 atom stereocenters. The molecule has 0 radical (unpaired) electrons. The van der Waals surface area contributed by atoms with Crippen LogP contribution in [0.25, 0.3) is 0 Å². The van der Waals surface area contributed by atoms with Crippen molar-refractivity contribution < 1.29 is 4.74 Å². The second kappa shape index (κ2) is 5.20. The van der Waals surface area contributed by atoms with E-state index < -0.39 is 0 Å². The summed E-state index contributed by atoms with van der Waals surface area (Å²) in [5, 5.41) is 0. The third-order valence-electron chi connectivity index (χ3n) is 4.10. The molecule has 0 aromatic carbocycles. The molecule has 0 bridgehead atoms. The van der Waals surface area contributed by atoms with Gasteiger partial charge in [0.05, 0.1) is 13.2 Å². The number of hydrogen-bond donors (Lipinski definition) is 2. The summed E-state index contributed by atoms with van der Waals surface area (Å²) >= 11 is 0. The molecule has 100 valence electrons. The predicted molar refractivity (Wildman–Crippen MR) is 69.8 cm³/mol. The Balaban J connectivity index is 2.33. The van der Waals surface area contributed by atoms with Crippen molar-refractivity contribution in [1.82, 2.24) is 15.4 Å². The monoisotopic (exact) mass is 250 g/mol. The Bertz CT molecular complexity index is 408. The highest BCUT2D eigenvalue weighted by molar-refractivity contribution is 5.22. The SMILES string of the molecule is COc1nccnc1C(NN)C1CCCC1(C)C. The van der Waals surface area contributed by atoms with Crippen molar-refractivity contribution in [2.45, 2.75) is 39.2 Å². The zero-order valence-electron chi connectivity index (χ0n) is 11.3. The van der Waals surface area contributed by atoms with Gasteiger partial charge in [0.1, 0.15) is 5.69 Å². The second-order valence-corrected chi connectivity index (χ2v) is 5.58. The molecule has 1 aromatic rings. The van der Waals surface area contributed by atoms with Crippen LogP contribution in [-0.2, 0) is 0 Å². The van der Waals surface area contributed by atoms with Gasteiger partial charge < -0.3 is 4.74 Å². The quantitative estimate of drug-likeness (QED) is 0.630. The lowest BCUT2D eigenvalue weighted by Crippen LogP contribution is -2.38. The Morgan fingerprint density at radius 3 is 2.72 bits per heavy atom. The molecule has 5 nitrogen and oxygen atoms in total. The minimum absolute atomic E-state index is 0.00819. The molecule has 1 aliphatic carbocycles. The first kappa shape index (κ1) is 13.2. The lowest BCUT2D eigenvalue weighted by atomic mass is 9.76. The zero-order chi connectivity index (χ0) is 13.2. The summed E-state index contributed by atoms with van der Waals surface area (Å²) in [5.41, 5.74) is 3.98. The molecule has 1 fully saturated rings. The van der Waals surface area contributed by atoms with Crippen LogP contribution in [0.15, 0.2) is 12.4 Å². The van der Waals surface area contributed by atoms with Crippen molar-refractivity contribution >= 4 is 0 Å². The van der Waals surface area contributed by atoms with Crippen LogP contribution in [0.3, 0.4) is 0 Å². The van der Waals surface area contributed by atoms with Crippen LogP contribution in [0.4, 0.5) is 0 Å². The van der Waals surface area contributed by atoms with Crippen molar-refractivity contribution in [3.63, 3.8) is 0 Å². The Labute approximate surface area is 108 Å². The molecule has 2 unspecified atom stereocenters. The number of rotatable bonds is 4. The first-order chi connectivity index (χ1) is 8.60. The molecule has 1 heterocycles. The minimum Gasteiger partial charge on any atom is -0.480 e. The van der Waals surface area contributed by atoms with Crippen LogP contribution in [0.5, 0.6) is 5.88 Å². The Morgan fingerprint density at radius 2 is 2.17 bits per heavy atom. The summed E-state index contributed by atoms with van der Waals surface area (Å²) in [6.07, 6.45) is 6.93. The fourth-order valence-corrected chi connectivity index (χ4v) is 3.06. The molecule has 0 amide bonds. The Morgan fingerprint density at radius 1 is 1.44 bits per heavy atom. The van der Waals surface area contributed by atoms with Gasteiger partial charge in [0.2, 0.25) is 5.88 Å². The molecule has 1 saturated carbocycles. The number of methoxy groups -OCH3 is 1. The largest absolute Gasteiger partial charge is 0.480 e. The average Bonchev–Trinajstić information content (AvgIpc) is 2.71. The number of ether oxygens (including phenoxy) is 1. The first-order valence-corrected chi connectivity index (χ1v) is 6.41. The van der Waals surface area contributed by atoms with E-state index in [0.29, 0.717) is 11.8 Å². The van der Waals surface area contributed by atoms with Gasteiger partial charge in [-0.15, -0.1) is 0 Å². The number of nitrogens with one attached hydrogen (secondary N) is 1. The molecule has 1 aliphatic rings. The molecule has 0 aliphatic heterocycles. The van der Waals surface area contributed by atoms with Gasteiger partial charge in [-0.05, 0) is 24.2 Å². The normalized spacial score (nSPS) is 23.9. The van der Waals surface area contributed by atoms with E-state index in [1.807, 2.05) is 0 Å². The number of hydrazine groups is 1. The van der Waals surface area contributed by atoms with Crippen molar-refractivity contribution in [2.75, 3.05) is 7.11 Å². The lowest BCUT2D eigenvalue weighted by molar-refractivity contribution is 0.192. The van der Waals surface area contributed by atoms with Gasteiger partial charge in [-0.1, -0.05) is 20.3 Å². The maximum absolute atomic E-state index is 5.76. The predicted octanol–water partition coefficient (Wildman–Crippen LogP) is 1.82. The van der Waals surface area contributed by atoms with Crippen molar-refractivity contribution in [3.05, 3.63) is 18.1 Å². The molecule has 0 saturated heterocycles. The van der Waals surface area contributed by atoms with Crippen LogP contribution >= 0.6 is 0 Å². The molecule has 2 rings (SSSR count). The van der Waals surface area contributed by atoms with Crippen molar-refractivity contribution in [3.8, 4) is 5.88 Å². The fourth-order valence-electron chi connectivity index (χ4n) is 3.06. The van der Waals surface area contributed by atoms with Gasteiger partial charge in [-0.25, -0.2) is 4.98 Å². The molecule has 5 heteroatoms. The Kier molecular flexibility index (Phi) is 3.82. The van der Waals surface area contributed by atoms with E-state index in [1.54, 1.807) is 19.5 Å². The van der Waals surface area contributed by atoms with Gasteiger partial charge in [-0.3, -0.25) is 16.3 Å². The molecule has 1 aromatic heterocycles. The molecular weight excluding hydrogens is 228 g/mol. The summed E-state index contributed by atoms with van der Waals surface area (Å²) in [6, 6.07) is -0.00819. The zero-order valence-corrected chi connectivity index (χ0v) is 11.3. The third-order valence-corrected chi connectivity index (χ3v) is 4.10. The van der Waals surface area contributed by atoms with Crippen LogP contribution in [0.1, 0.15) is 44.8 Å². The van der Waals surface area contributed by atoms with Crippen molar-refractivity contribution in [1.29, 1.82) is 0 Å². The van der Waals surface area contributed by atoms with E-state index in [9.17, 15) is 0 Å². The standard InChI is InChI=1S/C13H22N4O/c1-13(2)6-4-5-9(13)10(17-14)11-12(18-3)16-8-7-15-11/h7-10,17H,4-6,14H2,1-3H3. The second-order valence-electron chi connectivity index (χ2n) is 5.58. The number of hydrogen-bond acceptors (Lipinski definition) is 5. The maximum Gasteiger partial charge on any atom is 0.237 e. The highest BCUT2D eigenvalue weighted by Crippen LogP contribution is 2.48. The van der Waals surface area contributed by atoms with E-state index in [2.05, 4.69) is 29.2 Å². The third kappa shape index (κ3) is 2.33. The molecule has 0 spiro atoms. The summed E-state index contributed by atoms with van der Waals surface area (Å²) in [6.45, 7) is 4.58. The van der Waals surface area contributed by atoms with E-state index in [1.165, 1.54) is 12.8 Å². The number of nitrogens with zero attached hydrogens (tertiary/aromatic N) is 2. The number of aromatic nitrogens is 2. The maximum atomic E-state index is 5.76. The summed E-state index contributed by atoms with van der Waals surface area (Å²) in [7, 11) is 1.61. The highest BCUT2D eigenvalue weighted by atomic mass is 16.5. The number of nitrogens with two attached hydrogens (primary N) is 1. The van der Waals surface area contributed by atoms with Gasteiger partial charge in [0.25, 0.3) is 0 Å². The first-order valence-electron chi connectivity index (χ1n) is 6.41. The van der Waals surface area contributed by atoms with Crippen LogP contribution in [0.2, 0.25) is 0 Å². The molecular formula is C13H22N4O. The van der Waals surface area contributed by atoms with Gasteiger partial charge in [-0.2, -0.15) is 0 Å². The smallest absolute Gasteiger partial charge is 0.237 e. The summed E-state index contributed by atoms with van der Waals surface area (Å²) in [4.78, 5) is 8.61.